The largest absolute Gasteiger partial charge is 0.466 e. The number of halogens is 2. The molecule has 148 valence electrons. The summed E-state index contributed by atoms with van der Waals surface area (Å²) >= 11 is 6.16. The molecule has 0 bridgehead atoms. The number of ether oxygens (including phenoxy) is 3. The molecular formula is C19H18ClFN2O5. The SMILES string of the molecule is CCOC(=O)CC1=C(C(=O)OCC)[C@H](c2c(F)cccc2Cl)C(C#N)=C(N)O1. The Kier molecular flexibility index (Phi) is 7.01. The van der Waals surface area contributed by atoms with E-state index >= 15 is 0 Å². The van der Waals surface area contributed by atoms with Crippen LogP contribution in [0.5, 0.6) is 0 Å². The molecule has 0 aliphatic carbocycles. The molecule has 1 aromatic rings. The maximum atomic E-state index is 14.6. The average molecular weight is 409 g/mol. The van der Waals surface area contributed by atoms with E-state index in [1.807, 2.05) is 6.07 Å². The van der Waals surface area contributed by atoms with E-state index in [4.69, 9.17) is 31.5 Å². The van der Waals surface area contributed by atoms with Crippen LogP contribution in [0.15, 0.2) is 41.0 Å². The second-order valence-electron chi connectivity index (χ2n) is 5.60. The topological polar surface area (TPSA) is 112 Å². The van der Waals surface area contributed by atoms with E-state index < -0.39 is 30.1 Å². The highest BCUT2D eigenvalue weighted by atomic mass is 35.5. The van der Waals surface area contributed by atoms with E-state index in [-0.39, 0.29) is 46.6 Å². The van der Waals surface area contributed by atoms with Crippen LogP contribution in [0, 0.1) is 17.1 Å². The maximum Gasteiger partial charge on any atom is 0.338 e. The summed E-state index contributed by atoms with van der Waals surface area (Å²) < 4.78 is 29.9. The Labute approximate surface area is 166 Å². The number of carbonyl (C=O) groups is 2. The van der Waals surface area contributed by atoms with Crippen molar-refractivity contribution in [3.63, 3.8) is 0 Å². The number of esters is 2. The van der Waals surface area contributed by atoms with Gasteiger partial charge in [0, 0.05) is 10.6 Å². The van der Waals surface area contributed by atoms with Gasteiger partial charge in [-0.25, -0.2) is 9.18 Å². The first kappa shape index (κ1) is 21.3. The Morgan fingerprint density at radius 3 is 2.57 bits per heavy atom. The van der Waals surface area contributed by atoms with E-state index in [1.165, 1.54) is 12.1 Å². The van der Waals surface area contributed by atoms with Gasteiger partial charge >= 0.3 is 11.9 Å². The summed E-state index contributed by atoms with van der Waals surface area (Å²) in [5.74, 6) is -4.16. The third-order valence-electron chi connectivity index (χ3n) is 3.89. The van der Waals surface area contributed by atoms with Crippen molar-refractivity contribution in [2.75, 3.05) is 13.2 Å². The first-order chi connectivity index (χ1) is 13.3. The van der Waals surface area contributed by atoms with E-state index in [0.717, 1.165) is 6.07 Å². The molecule has 0 spiro atoms. The Bertz CT molecular complexity index is 884. The van der Waals surface area contributed by atoms with Gasteiger partial charge in [0.2, 0.25) is 5.88 Å². The van der Waals surface area contributed by atoms with Crippen molar-refractivity contribution in [3.8, 4) is 6.07 Å². The van der Waals surface area contributed by atoms with Gasteiger partial charge in [-0.1, -0.05) is 17.7 Å². The second-order valence-corrected chi connectivity index (χ2v) is 6.01. The number of allylic oxidation sites excluding steroid dienone is 1. The Morgan fingerprint density at radius 2 is 2.00 bits per heavy atom. The fourth-order valence-electron chi connectivity index (χ4n) is 2.80. The monoisotopic (exact) mass is 408 g/mol. The zero-order valence-corrected chi connectivity index (χ0v) is 16.0. The molecule has 1 aliphatic rings. The smallest absolute Gasteiger partial charge is 0.338 e. The normalized spacial score (nSPS) is 16.3. The predicted octanol–water partition coefficient (Wildman–Crippen LogP) is 3.06. The standard InChI is InChI=1S/C19H18ClFN2O5/c1-3-26-14(24)8-13-17(19(25)27-4-2)15(10(9-22)18(23)28-13)16-11(20)6-5-7-12(16)21/h5-7,15H,3-4,8,23H2,1-2H3/t15-/m0/s1. The zero-order chi connectivity index (χ0) is 20.8. The summed E-state index contributed by atoms with van der Waals surface area (Å²) in [5, 5.41) is 9.53. The lowest BCUT2D eigenvalue weighted by Crippen LogP contribution is -2.28. The van der Waals surface area contributed by atoms with Gasteiger partial charge in [-0.2, -0.15) is 5.26 Å². The fourth-order valence-corrected chi connectivity index (χ4v) is 3.07. The molecule has 2 N–H and O–H groups in total. The highest BCUT2D eigenvalue weighted by Crippen LogP contribution is 2.43. The molecule has 1 heterocycles. The van der Waals surface area contributed by atoms with E-state index in [9.17, 15) is 19.2 Å². The predicted molar refractivity (Wildman–Crippen MR) is 97.0 cm³/mol. The third kappa shape index (κ3) is 4.26. The van der Waals surface area contributed by atoms with E-state index in [0.29, 0.717) is 0 Å². The minimum Gasteiger partial charge on any atom is -0.466 e. The molecule has 1 aromatic carbocycles. The van der Waals surface area contributed by atoms with Crippen molar-refractivity contribution in [1.29, 1.82) is 5.26 Å². The van der Waals surface area contributed by atoms with Crippen molar-refractivity contribution >= 4 is 23.5 Å². The van der Waals surface area contributed by atoms with Gasteiger partial charge in [-0.3, -0.25) is 4.79 Å². The molecule has 0 aromatic heterocycles. The van der Waals surface area contributed by atoms with Crippen molar-refractivity contribution in [3.05, 3.63) is 57.4 Å². The van der Waals surface area contributed by atoms with Crippen molar-refractivity contribution < 1.29 is 28.2 Å². The summed E-state index contributed by atoms with van der Waals surface area (Å²) in [5.41, 5.74) is 5.23. The number of nitrogens with zero attached hydrogens (tertiary/aromatic N) is 1. The molecule has 9 heteroatoms. The van der Waals surface area contributed by atoms with Gasteiger partial charge in [0.25, 0.3) is 0 Å². The first-order valence-corrected chi connectivity index (χ1v) is 8.80. The number of nitrogens with two attached hydrogens (primary N) is 1. The summed E-state index contributed by atoms with van der Waals surface area (Å²) in [6.45, 7) is 3.31. The lowest BCUT2D eigenvalue weighted by molar-refractivity contribution is -0.143. The van der Waals surface area contributed by atoms with Crippen LogP contribution in [0.2, 0.25) is 5.02 Å². The number of rotatable bonds is 6. The van der Waals surface area contributed by atoms with Gasteiger partial charge in [-0.05, 0) is 26.0 Å². The van der Waals surface area contributed by atoms with Crippen LogP contribution in [0.1, 0.15) is 31.7 Å². The van der Waals surface area contributed by atoms with Crippen molar-refractivity contribution in [2.45, 2.75) is 26.2 Å². The number of benzene rings is 1. The molecule has 0 amide bonds. The Balaban J connectivity index is 2.73. The van der Waals surface area contributed by atoms with Crippen molar-refractivity contribution in [2.24, 2.45) is 5.73 Å². The molecular weight excluding hydrogens is 391 g/mol. The summed E-state index contributed by atoms with van der Waals surface area (Å²) in [6.07, 6.45) is -0.454. The third-order valence-corrected chi connectivity index (χ3v) is 4.22. The first-order valence-electron chi connectivity index (χ1n) is 8.42. The molecule has 1 atom stereocenters. The van der Waals surface area contributed by atoms with E-state index in [2.05, 4.69) is 0 Å². The van der Waals surface area contributed by atoms with Gasteiger partial charge in [0.15, 0.2) is 0 Å². The Hall–Kier alpha value is -3.05. The summed E-state index contributed by atoms with van der Waals surface area (Å²) in [7, 11) is 0. The zero-order valence-electron chi connectivity index (χ0n) is 15.3. The minimum absolute atomic E-state index is 0.00776. The molecule has 0 fully saturated rings. The summed E-state index contributed by atoms with van der Waals surface area (Å²) in [6, 6.07) is 5.76. The number of carbonyl (C=O) groups excluding carboxylic acids is 2. The quantitative estimate of drug-likeness (QED) is 0.720. The van der Waals surface area contributed by atoms with Gasteiger partial charge in [0.05, 0.1) is 24.7 Å². The van der Waals surface area contributed by atoms with Crippen LogP contribution < -0.4 is 5.73 Å². The van der Waals surface area contributed by atoms with Crippen LogP contribution in [0.4, 0.5) is 4.39 Å². The van der Waals surface area contributed by atoms with Gasteiger partial charge in [-0.15, -0.1) is 0 Å². The van der Waals surface area contributed by atoms with Crippen LogP contribution in [0.3, 0.4) is 0 Å². The lowest BCUT2D eigenvalue weighted by Gasteiger charge is -2.28. The highest BCUT2D eigenvalue weighted by molar-refractivity contribution is 6.31. The van der Waals surface area contributed by atoms with Gasteiger partial charge in [0.1, 0.15) is 29.6 Å². The van der Waals surface area contributed by atoms with Gasteiger partial charge < -0.3 is 19.9 Å². The molecule has 2 rings (SSSR count). The number of hydrogen-bond acceptors (Lipinski definition) is 7. The fraction of sp³-hybridized carbons (Fsp3) is 0.316. The number of hydrogen-bond donors (Lipinski definition) is 1. The lowest BCUT2D eigenvalue weighted by atomic mass is 9.82. The molecule has 0 radical (unpaired) electrons. The van der Waals surface area contributed by atoms with Crippen molar-refractivity contribution in [1.82, 2.24) is 0 Å². The molecule has 0 saturated carbocycles. The van der Waals surface area contributed by atoms with Crippen LogP contribution in [-0.4, -0.2) is 25.2 Å². The molecule has 28 heavy (non-hydrogen) atoms. The molecule has 0 saturated heterocycles. The molecule has 7 nitrogen and oxygen atoms in total. The maximum absolute atomic E-state index is 14.6. The number of nitriles is 1. The summed E-state index contributed by atoms with van der Waals surface area (Å²) in [4.78, 5) is 24.6. The van der Waals surface area contributed by atoms with E-state index in [1.54, 1.807) is 13.8 Å². The van der Waals surface area contributed by atoms with Crippen LogP contribution in [-0.2, 0) is 23.8 Å². The average Bonchev–Trinajstić information content (AvgIpc) is 2.62. The minimum atomic E-state index is -1.30. The highest BCUT2D eigenvalue weighted by Gasteiger charge is 2.40. The van der Waals surface area contributed by atoms with Crippen LogP contribution >= 0.6 is 11.6 Å². The second kappa shape index (κ2) is 9.24. The van der Waals surface area contributed by atoms with Crippen LogP contribution in [0.25, 0.3) is 0 Å². The molecule has 1 aliphatic heterocycles. The molecule has 0 unspecified atom stereocenters. The Morgan fingerprint density at radius 1 is 1.32 bits per heavy atom.